The van der Waals surface area contributed by atoms with Gasteiger partial charge in [-0.25, -0.2) is 0 Å². The predicted molar refractivity (Wildman–Crippen MR) is 62.0 cm³/mol. The molecule has 0 amide bonds. The molecule has 0 bridgehead atoms. The van der Waals surface area contributed by atoms with Crippen LogP contribution in [0.1, 0.15) is 25.8 Å². The second-order valence-corrected chi connectivity index (χ2v) is 4.22. The van der Waals surface area contributed by atoms with Gasteiger partial charge in [-0.15, -0.1) is 5.10 Å². The third kappa shape index (κ3) is 5.28. The number of hydrogen-bond acceptors (Lipinski definition) is 5. The van der Waals surface area contributed by atoms with E-state index in [1.165, 1.54) is 6.92 Å². The maximum absolute atomic E-state index is 12.0. The van der Waals surface area contributed by atoms with Crippen molar-refractivity contribution in [3.8, 4) is 5.88 Å². The first-order valence-corrected chi connectivity index (χ1v) is 5.75. The van der Waals surface area contributed by atoms with Crippen LogP contribution >= 0.6 is 0 Å². The number of aromatic nitrogens is 2. The molecule has 21 heavy (non-hydrogen) atoms. The Morgan fingerprint density at radius 3 is 2.71 bits per heavy atom. The van der Waals surface area contributed by atoms with Crippen molar-refractivity contribution in [2.24, 2.45) is 0 Å². The molecule has 0 aliphatic rings. The lowest BCUT2D eigenvalue weighted by Gasteiger charge is -2.08. The van der Waals surface area contributed by atoms with Crippen molar-refractivity contribution < 1.29 is 32.7 Å². The van der Waals surface area contributed by atoms with Gasteiger partial charge in [0.05, 0.1) is 30.4 Å². The molecular formula is C10H12F3N3O5. The molecule has 1 aromatic heterocycles. The molecule has 0 saturated heterocycles. The summed E-state index contributed by atoms with van der Waals surface area (Å²) in [4.78, 5) is 20.5. The number of carboxylic acid groups (broad SMARTS) is 1. The van der Waals surface area contributed by atoms with Crippen LogP contribution in [0.3, 0.4) is 0 Å². The van der Waals surface area contributed by atoms with Crippen LogP contribution in [0.15, 0.2) is 6.20 Å². The smallest absolute Gasteiger partial charge is 0.392 e. The van der Waals surface area contributed by atoms with Crippen molar-refractivity contribution in [2.75, 3.05) is 6.61 Å². The first kappa shape index (κ1) is 16.7. The van der Waals surface area contributed by atoms with E-state index in [2.05, 4.69) is 9.84 Å². The average Bonchev–Trinajstić information content (AvgIpc) is 2.70. The summed E-state index contributed by atoms with van der Waals surface area (Å²) in [5, 5.41) is 23.0. The summed E-state index contributed by atoms with van der Waals surface area (Å²) in [5.41, 5.74) is -0.616. The molecular weight excluding hydrogens is 299 g/mol. The Morgan fingerprint density at radius 2 is 2.24 bits per heavy atom. The van der Waals surface area contributed by atoms with Gasteiger partial charge < -0.3 is 9.84 Å². The van der Waals surface area contributed by atoms with Gasteiger partial charge in [0.25, 0.3) is 0 Å². The van der Waals surface area contributed by atoms with E-state index in [-0.39, 0.29) is 6.42 Å². The molecule has 1 rings (SSSR count). The monoisotopic (exact) mass is 311 g/mol. The Morgan fingerprint density at radius 1 is 1.62 bits per heavy atom. The summed E-state index contributed by atoms with van der Waals surface area (Å²) in [6, 6.07) is -0.707. The molecule has 0 aliphatic heterocycles. The summed E-state index contributed by atoms with van der Waals surface area (Å²) in [6.45, 7) is 0.638. The molecule has 0 saturated carbocycles. The normalized spacial score (nSPS) is 13.0. The van der Waals surface area contributed by atoms with Crippen LogP contribution in [0.4, 0.5) is 18.9 Å². The van der Waals surface area contributed by atoms with Gasteiger partial charge in [-0.1, -0.05) is 0 Å². The Balaban J connectivity index is 2.84. The van der Waals surface area contributed by atoms with Crippen molar-refractivity contribution in [2.45, 2.75) is 32.0 Å². The number of carboxylic acids is 1. The van der Waals surface area contributed by atoms with E-state index in [0.717, 1.165) is 10.9 Å². The lowest BCUT2D eigenvalue weighted by molar-refractivity contribution is -0.386. The minimum Gasteiger partial charge on any atom is -0.481 e. The first-order chi connectivity index (χ1) is 9.60. The number of aliphatic carboxylic acids is 1. The third-order valence-electron chi connectivity index (χ3n) is 2.42. The van der Waals surface area contributed by atoms with E-state index in [0.29, 0.717) is 0 Å². The quantitative estimate of drug-likeness (QED) is 0.610. The number of alkyl halides is 3. The summed E-state index contributed by atoms with van der Waals surface area (Å²) in [7, 11) is 0. The molecule has 0 spiro atoms. The van der Waals surface area contributed by atoms with Crippen LogP contribution in [0.25, 0.3) is 0 Å². The highest BCUT2D eigenvalue weighted by molar-refractivity contribution is 5.67. The van der Waals surface area contributed by atoms with Crippen LogP contribution in [-0.2, 0) is 4.79 Å². The van der Waals surface area contributed by atoms with E-state index in [1.54, 1.807) is 0 Å². The summed E-state index contributed by atoms with van der Waals surface area (Å²) >= 11 is 0. The fraction of sp³-hybridized carbons (Fsp3) is 0.600. The van der Waals surface area contributed by atoms with Crippen LogP contribution in [0.5, 0.6) is 5.88 Å². The zero-order chi connectivity index (χ0) is 16.2. The molecule has 0 aliphatic carbocycles. The molecule has 1 atom stereocenters. The summed E-state index contributed by atoms with van der Waals surface area (Å²) in [6.07, 6.45) is -5.15. The van der Waals surface area contributed by atoms with Crippen LogP contribution in [0, 0.1) is 10.1 Å². The highest BCUT2D eigenvalue weighted by atomic mass is 19.4. The standard InChI is InChI=1S/C10H12F3N3O5/c1-6(4-8(17)18)15-5-7(16(19)20)9(14-15)21-3-2-10(11,12)13/h5-6H,2-4H2,1H3,(H,17,18)/t6-/m1/s1. The van der Waals surface area contributed by atoms with Gasteiger partial charge in [-0.2, -0.15) is 13.2 Å². The molecule has 1 N–H and O–H groups in total. The number of rotatable bonds is 7. The molecule has 11 heteroatoms. The number of carbonyl (C=O) groups is 1. The van der Waals surface area contributed by atoms with Crippen LogP contribution in [0.2, 0.25) is 0 Å². The Labute approximate surface area is 116 Å². The maximum atomic E-state index is 12.0. The van der Waals surface area contributed by atoms with Crippen molar-refractivity contribution in [3.05, 3.63) is 16.3 Å². The van der Waals surface area contributed by atoms with E-state index in [9.17, 15) is 28.1 Å². The van der Waals surface area contributed by atoms with Gasteiger partial charge >= 0.3 is 23.7 Å². The zero-order valence-electron chi connectivity index (χ0n) is 10.8. The number of nitrogens with zero attached hydrogens (tertiary/aromatic N) is 3. The zero-order valence-corrected chi connectivity index (χ0v) is 10.8. The van der Waals surface area contributed by atoms with Crippen molar-refractivity contribution >= 4 is 11.7 Å². The highest BCUT2D eigenvalue weighted by Gasteiger charge is 2.29. The Kier molecular flexibility index (Phi) is 5.11. The molecule has 1 heterocycles. The van der Waals surface area contributed by atoms with E-state index in [1.807, 2.05) is 0 Å². The van der Waals surface area contributed by atoms with Gasteiger partial charge in [0.1, 0.15) is 6.20 Å². The van der Waals surface area contributed by atoms with Gasteiger partial charge in [-0.3, -0.25) is 19.6 Å². The van der Waals surface area contributed by atoms with Gasteiger partial charge in [0, 0.05) is 0 Å². The summed E-state index contributed by atoms with van der Waals surface area (Å²) in [5.74, 6) is -1.71. The molecule has 0 aromatic carbocycles. The minimum atomic E-state index is -4.45. The fourth-order valence-corrected chi connectivity index (χ4v) is 1.43. The number of nitro groups is 1. The van der Waals surface area contributed by atoms with Crippen LogP contribution < -0.4 is 4.74 Å². The van der Waals surface area contributed by atoms with E-state index >= 15 is 0 Å². The molecule has 0 radical (unpaired) electrons. The fourth-order valence-electron chi connectivity index (χ4n) is 1.43. The topological polar surface area (TPSA) is 107 Å². The average molecular weight is 311 g/mol. The SMILES string of the molecule is C[C@H](CC(=O)O)n1cc([N+](=O)[O-])c(OCCC(F)(F)F)n1. The minimum absolute atomic E-state index is 0.346. The number of halogens is 3. The van der Waals surface area contributed by atoms with E-state index in [4.69, 9.17) is 5.11 Å². The van der Waals surface area contributed by atoms with Gasteiger partial charge in [0.2, 0.25) is 0 Å². The number of ether oxygens (including phenoxy) is 1. The van der Waals surface area contributed by atoms with Crippen molar-refractivity contribution in [1.29, 1.82) is 0 Å². The Bertz CT molecular complexity index is 528. The van der Waals surface area contributed by atoms with Gasteiger partial charge in [0.15, 0.2) is 0 Å². The van der Waals surface area contributed by atoms with Crippen LogP contribution in [-0.4, -0.2) is 38.6 Å². The van der Waals surface area contributed by atoms with Gasteiger partial charge in [-0.05, 0) is 6.92 Å². The molecule has 1 aromatic rings. The van der Waals surface area contributed by atoms with E-state index < -0.39 is 47.7 Å². The summed E-state index contributed by atoms with van der Waals surface area (Å²) < 4.78 is 41.6. The first-order valence-electron chi connectivity index (χ1n) is 5.75. The molecule has 118 valence electrons. The van der Waals surface area contributed by atoms with Crippen molar-refractivity contribution in [1.82, 2.24) is 9.78 Å². The molecule has 0 unspecified atom stereocenters. The second-order valence-electron chi connectivity index (χ2n) is 4.22. The third-order valence-corrected chi connectivity index (χ3v) is 2.42. The maximum Gasteiger partial charge on any atom is 0.392 e. The molecule has 8 nitrogen and oxygen atoms in total. The Hall–Kier alpha value is -2.33. The van der Waals surface area contributed by atoms with Crippen molar-refractivity contribution in [3.63, 3.8) is 0 Å². The number of hydrogen-bond donors (Lipinski definition) is 1. The second kappa shape index (κ2) is 6.41. The predicted octanol–water partition coefficient (Wildman–Crippen LogP) is 2.16. The lowest BCUT2D eigenvalue weighted by Crippen LogP contribution is -2.14. The largest absolute Gasteiger partial charge is 0.481 e. The lowest BCUT2D eigenvalue weighted by atomic mass is 10.2. The highest BCUT2D eigenvalue weighted by Crippen LogP contribution is 2.28. The molecule has 0 fully saturated rings.